The van der Waals surface area contributed by atoms with Gasteiger partial charge in [0.05, 0.1) is 11.0 Å². The van der Waals surface area contributed by atoms with Gasteiger partial charge in [0.2, 0.25) is 0 Å². The van der Waals surface area contributed by atoms with Crippen LogP contribution in [0.5, 0.6) is 0 Å². The maximum atomic E-state index is 13.3. The van der Waals surface area contributed by atoms with Gasteiger partial charge in [0.25, 0.3) is 5.69 Å². The van der Waals surface area contributed by atoms with Gasteiger partial charge in [-0.05, 0) is 12.5 Å². The molecule has 1 saturated heterocycles. The molecule has 0 bridgehead atoms. The highest BCUT2D eigenvalue weighted by Crippen LogP contribution is 2.27. The van der Waals surface area contributed by atoms with Crippen molar-refractivity contribution in [3.05, 3.63) is 39.4 Å². The molecule has 0 spiro atoms. The molecule has 0 amide bonds. The van der Waals surface area contributed by atoms with Crippen LogP contribution in [0.25, 0.3) is 0 Å². The Morgan fingerprint density at radius 2 is 2.16 bits per heavy atom. The smallest absolute Gasteiger partial charge is 0.272 e. The summed E-state index contributed by atoms with van der Waals surface area (Å²) >= 11 is 0. The highest BCUT2D eigenvalue weighted by molar-refractivity contribution is 5.43. The lowest BCUT2D eigenvalue weighted by Crippen LogP contribution is -2.45. The van der Waals surface area contributed by atoms with Gasteiger partial charge >= 0.3 is 0 Å². The summed E-state index contributed by atoms with van der Waals surface area (Å²) in [7, 11) is 0. The first-order valence-electron chi connectivity index (χ1n) is 6.39. The number of nitrogens with one attached hydrogen (secondary N) is 1. The van der Waals surface area contributed by atoms with Gasteiger partial charge in [0, 0.05) is 37.8 Å². The lowest BCUT2D eigenvalue weighted by molar-refractivity contribution is -0.385. The predicted octanol–water partition coefficient (Wildman–Crippen LogP) is 1.82. The molecule has 1 aliphatic rings. The van der Waals surface area contributed by atoms with Crippen molar-refractivity contribution in [1.29, 1.82) is 0 Å². The molecule has 1 aliphatic heterocycles. The molecule has 19 heavy (non-hydrogen) atoms. The van der Waals surface area contributed by atoms with Gasteiger partial charge < -0.3 is 5.32 Å². The van der Waals surface area contributed by atoms with Crippen molar-refractivity contribution in [3.8, 4) is 0 Å². The molecular weight excluding hydrogens is 249 g/mol. The van der Waals surface area contributed by atoms with Crippen LogP contribution in [-0.4, -0.2) is 42.7 Å². The average Bonchev–Trinajstić information content (AvgIpc) is 2.42. The van der Waals surface area contributed by atoms with Gasteiger partial charge in [-0.2, -0.15) is 0 Å². The van der Waals surface area contributed by atoms with Crippen LogP contribution in [0.4, 0.5) is 10.1 Å². The fourth-order valence-corrected chi connectivity index (χ4v) is 2.42. The minimum Gasteiger partial charge on any atom is -0.314 e. The summed E-state index contributed by atoms with van der Waals surface area (Å²) in [5, 5.41) is 14.2. The second-order valence-corrected chi connectivity index (χ2v) is 4.76. The normalized spacial score (nSPS) is 18.2. The first kappa shape index (κ1) is 13.9. The molecule has 1 N–H and O–H groups in total. The van der Waals surface area contributed by atoms with E-state index in [1.54, 1.807) is 19.1 Å². The van der Waals surface area contributed by atoms with E-state index < -0.39 is 11.6 Å². The predicted molar refractivity (Wildman–Crippen MR) is 71.0 cm³/mol. The van der Waals surface area contributed by atoms with Crippen LogP contribution in [0.1, 0.15) is 17.2 Å². The Kier molecular flexibility index (Phi) is 4.44. The minimum absolute atomic E-state index is 0.0612. The van der Waals surface area contributed by atoms with Crippen LogP contribution in [0.3, 0.4) is 0 Å². The van der Waals surface area contributed by atoms with Crippen molar-refractivity contribution in [3.63, 3.8) is 0 Å². The molecule has 1 heterocycles. The zero-order valence-corrected chi connectivity index (χ0v) is 10.9. The minimum atomic E-state index is -0.528. The number of nitrogens with zero attached hydrogens (tertiary/aromatic N) is 2. The van der Waals surface area contributed by atoms with Gasteiger partial charge in [0.1, 0.15) is 6.67 Å². The molecule has 0 unspecified atom stereocenters. The quantitative estimate of drug-likeness (QED) is 0.668. The Labute approximate surface area is 111 Å². The zero-order valence-electron chi connectivity index (χ0n) is 10.9. The molecule has 0 aromatic heterocycles. The van der Waals surface area contributed by atoms with E-state index in [2.05, 4.69) is 5.32 Å². The second-order valence-electron chi connectivity index (χ2n) is 4.76. The van der Waals surface area contributed by atoms with Crippen LogP contribution in [0.2, 0.25) is 0 Å². The molecule has 6 heteroatoms. The summed E-state index contributed by atoms with van der Waals surface area (Å²) in [6.45, 7) is 4.33. The molecule has 1 aromatic carbocycles. The van der Waals surface area contributed by atoms with E-state index in [4.69, 9.17) is 0 Å². The van der Waals surface area contributed by atoms with Gasteiger partial charge in [-0.25, -0.2) is 4.39 Å². The molecule has 1 fully saturated rings. The molecule has 1 aromatic rings. The average molecular weight is 267 g/mol. The topological polar surface area (TPSA) is 58.4 Å². The summed E-state index contributed by atoms with van der Waals surface area (Å²) in [6.07, 6.45) is 0. The number of nitro benzene ring substituents is 1. The number of benzene rings is 1. The molecule has 1 atom stereocenters. The monoisotopic (exact) mass is 267 g/mol. The lowest BCUT2D eigenvalue weighted by Gasteiger charge is -2.33. The van der Waals surface area contributed by atoms with E-state index in [-0.39, 0.29) is 11.7 Å². The number of hydrogen-bond acceptors (Lipinski definition) is 4. The fourth-order valence-electron chi connectivity index (χ4n) is 2.42. The van der Waals surface area contributed by atoms with Crippen LogP contribution < -0.4 is 5.32 Å². The first-order valence-corrected chi connectivity index (χ1v) is 6.39. The molecule has 0 aliphatic carbocycles. The fraction of sp³-hybridized carbons (Fsp3) is 0.538. The van der Waals surface area contributed by atoms with E-state index in [9.17, 15) is 14.5 Å². The Balaban J connectivity index is 2.27. The third-order valence-corrected chi connectivity index (χ3v) is 3.55. The van der Waals surface area contributed by atoms with E-state index in [1.807, 2.05) is 4.90 Å². The Morgan fingerprint density at radius 1 is 1.47 bits per heavy atom. The highest BCUT2D eigenvalue weighted by atomic mass is 19.1. The van der Waals surface area contributed by atoms with Crippen molar-refractivity contribution in [2.24, 2.45) is 0 Å². The SMILES string of the molecule is Cc1ccc([C@H](CF)N2CCNCC2)cc1[N+](=O)[O-]. The van der Waals surface area contributed by atoms with Crippen LogP contribution in [-0.2, 0) is 0 Å². The first-order chi connectivity index (χ1) is 9.13. The number of aryl methyl sites for hydroxylation is 1. The number of halogens is 1. The number of alkyl halides is 1. The summed E-state index contributed by atoms with van der Waals surface area (Å²) < 4.78 is 13.3. The Morgan fingerprint density at radius 3 is 2.74 bits per heavy atom. The van der Waals surface area contributed by atoms with Crippen molar-refractivity contribution < 1.29 is 9.31 Å². The van der Waals surface area contributed by atoms with Gasteiger partial charge in [-0.15, -0.1) is 0 Å². The lowest BCUT2D eigenvalue weighted by atomic mass is 10.0. The molecule has 2 rings (SSSR count). The van der Waals surface area contributed by atoms with Gasteiger partial charge in [-0.3, -0.25) is 15.0 Å². The number of nitro groups is 1. The molecule has 0 radical (unpaired) electrons. The largest absolute Gasteiger partial charge is 0.314 e. The molecular formula is C13H18FN3O2. The Bertz CT molecular complexity index is 461. The van der Waals surface area contributed by atoms with Gasteiger partial charge in [-0.1, -0.05) is 12.1 Å². The summed E-state index contributed by atoms with van der Waals surface area (Å²) in [4.78, 5) is 12.6. The number of hydrogen-bond donors (Lipinski definition) is 1. The van der Waals surface area contributed by atoms with Crippen LogP contribution >= 0.6 is 0 Å². The van der Waals surface area contributed by atoms with Gasteiger partial charge in [0.15, 0.2) is 0 Å². The highest BCUT2D eigenvalue weighted by Gasteiger charge is 2.24. The summed E-state index contributed by atoms with van der Waals surface area (Å²) in [6, 6.07) is 4.59. The van der Waals surface area contributed by atoms with Crippen molar-refractivity contribution in [2.75, 3.05) is 32.9 Å². The van der Waals surface area contributed by atoms with Crippen molar-refractivity contribution in [2.45, 2.75) is 13.0 Å². The number of rotatable bonds is 4. The maximum Gasteiger partial charge on any atom is 0.272 e. The summed E-state index contributed by atoms with van der Waals surface area (Å²) in [5.74, 6) is 0. The second kappa shape index (κ2) is 6.08. The molecule has 104 valence electrons. The van der Waals surface area contributed by atoms with Crippen LogP contribution in [0, 0.1) is 17.0 Å². The standard InChI is InChI=1S/C13H18FN3O2/c1-10-2-3-11(8-12(10)17(18)19)13(9-14)16-6-4-15-5-7-16/h2-3,8,13,15H,4-7,9H2,1H3/t13-/m0/s1. The third kappa shape index (κ3) is 3.08. The molecule has 5 nitrogen and oxygen atoms in total. The Hall–Kier alpha value is -1.53. The summed E-state index contributed by atoms with van der Waals surface area (Å²) in [5.41, 5.74) is 1.35. The van der Waals surface area contributed by atoms with E-state index >= 15 is 0 Å². The van der Waals surface area contributed by atoms with Crippen molar-refractivity contribution >= 4 is 5.69 Å². The van der Waals surface area contributed by atoms with Crippen LogP contribution in [0.15, 0.2) is 18.2 Å². The van der Waals surface area contributed by atoms with E-state index in [1.165, 1.54) is 6.07 Å². The van der Waals surface area contributed by atoms with E-state index in [0.29, 0.717) is 11.1 Å². The van der Waals surface area contributed by atoms with E-state index in [0.717, 1.165) is 26.2 Å². The van der Waals surface area contributed by atoms with Crippen molar-refractivity contribution in [1.82, 2.24) is 10.2 Å². The maximum absolute atomic E-state index is 13.3. The third-order valence-electron chi connectivity index (χ3n) is 3.55. The number of piperazine rings is 1. The molecule has 0 saturated carbocycles. The zero-order chi connectivity index (χ0) is 13.8.